The van der Waals surface area contributed by atoms with Crippen molar-refractivity contribution in [3.8, 4) is 0 Å². The van der Waals surface area contributed by atoms with Gasteiger partial charge in [0.2, 0.25) is 0 Å². The highest BCUT2D eigenvalue weighted by atomic mass is 16.3. The van der Waals surface area contributed by atoms with Crippen molar-refractivity contribution in [2.24, 2.45) is 7.05 Å². The Kier molecular flexibility index (Phi) is 2.31. The molecule has 3 aromatic carbocycles. The van der Waals surface area contributed by atoms with Crippen molar-refractivity contribution in [1.29, 1.82) is 0 Å². The molecule has 5 rings (SSSR count). The van der Waals surface area contributed by atoms with E-state index in [0.717, 1.165) is 11.2 Å². The molecule has 0 bridgehead atoms. The Balaban J connectivity index is 2.03. The van der Waals surface area contributed by atoms with Gasteiger partial charge >= 0.3 is 0 Å². The summed E-state index contributed by atoms with van der Waals surface area (Å²) in [5.41, 5.74) is 6.98. The SMILES string of the molecule is Cc1ccc2oc3cc4c5cc(C)ccc5n(C)c4cc3c2c1. The number of hydrogen-bond donors (Lipinski definition) is 0. The van der Waals surface area contributed by atoms with Gasteiger partial charge in [-0.1, -0.05) is 23.3 Å². The van der Waals surface area contributed by atoms with Crippen LogP contribution in [0.2, 0.25) is 0 Å². The molecule has 2 aromatic heterocycles. The minimum absolute atomic E-state index is 0.960. The van der Waals surface area contributed by atoms with Crippen LogP contribution in [-0.4, -0.2) is 4.57 Å². The average molecular weight is 299 g/mol. The second kappa shape index (κ2) is 4.17. The van der Waals surface area contributed by atoms with Gasteiger partial charge in [0.15, 0.2) is 0 Å². The van der Waals surface area contributed by atoms with Crippen LogP contribution < -0.4 is 0 Å². The smallest absolute Gasteiger partial charge is 0.136 e. The molecular weight excluding hydrogens is 282 g/mol. The van der Waals surface area contributed by atoms with Crippen molar-refractivity contribution in [2.75, 3.05) is 0 Å². The third-order valence-electron chi connectivity index (χ3n) is 4.91. The van der Waals surface area contributed by atoms with Crippen molar-refractivity contribution < 1.29 is 4.42 Å². The number of nitrogens with zero attached hydrogens (tertiary/aromatic N) is 1. The average Bonchev–Trinajstić information content (AvgIpc) is 3.02. The summed E-state index contributed by atoms with van der Waals surface area (Å²) >= 11 is 0. The summed E-state index contributed by atoms with van der Waals surface area (Å²) < 4.78 is 8.37. The van der Waals surface area contributed by atoms with Gasteiger partial charge in [0.05, 0.1) is 0 Å². The van der Waals surface area contributed by atoms with E-state index in [-0.39, 0.29) is 0 Å². The van der Waals surface area contributed by atoms with Gasteiger partial charge in [-0.05, 0) is 50.2 Å². The van der Waals surface area contributed by atoms with Crippen LogP contribution in [-0.2, 0) is 7.05 Å². The second-order valence-corrected chi connectivity index (χ2v) is 6.55. The Hall–Kier alpha value is -2.74. The van der Waals surface area contributed by atoms with Crippen molar-refractivity contribution >= 4 is 43.7 Å². The molecule has 0 saturated carbocycles. The lowest BCUT2D eigenvalue weighted by Crippen LogP contribution is -1.86. The molecule has 0 spiro atoms. The maximum Gasteiger partial charge on any atom is 0.136 e. The van der Waals surface area contributed by atoms with Crippen LogP contribution in [0.4, 0.5) is 0 Å². The first kappa shape index (κ1) is 12.8. The molecule has 0 fully saturated rings. The number of furan rings is 1. The Bertz CT molecular complexity index is 1240. The zero-order valence-corrected chi connectivity index (χ0v) is 13.5. The lowest BCUT2D eigenvalue weighted by molar-refractivity contribution is 0.669. The monoisotopic (exact) mass is 299 g/mol. The molecule has 0 saturated heterocycles. The first-order chi connectivity index (χ1) is 11.1. The quantitative estimate of drug-likeness (QED) is 0.351. The fourth-order valence-corrected chi connectivity index (χ4v) is 3.71. The first-order valence-electron chi connectivity index (χ1n) is 7.93. The highest BCUT2D eigenvalue weighted by Gasteiger charge is 2.13. The Morgan fingerprint density at radius 2 is 1.30 bits per heavy atom. The van der Waals surface area contributed by atoms with E-state index in [0.29, 0.717) is 0 Å². The third-order valence-corrected chi connectivity index (χ3v) is 4.91. The fraction of sp³-hybridized carbons (Fsp3) is 0.143. The molecule has 0 N–H and O–H groups in total. The summed E-state index contributed by atoms with van der Waals surface area (Å²) in [4.78, 5) is 0. The van der Waals surface area contributed by atoms with Crippen LogP contribution in [0.3, 0.4) is 0 Å². The Morgan fingerprint density at radius 1 is 0.652 bits per heavy atom. The molecule has 2 heterocycles. The molecule has 2 heteroatoms. The summed E-state index contributed by atoms with van der Waals surface area (Å²) in [7, 11) is 2.14. The molecule has 0 aliphatic heterocycles. The highest BCUT2D eigenvalue weighted by molar-refractivity contribution is 6.16. The largest absolute Gasteiger partial charge is 0.456 e. The van der Waals surface area contributed by atoms with E-state index >= 15 is 0 Å². The maximum absolute atomic E-state index is 6.09. The van der Waals surface area contributed by atoms with Crippen molar-refractivity contribution in [1.82, 2.24) is 4.57 Å². The van der Waals surface area contributed by atoms with Gasteiger partial charge in [0.1, 0.15) is 11.2 Å². The van der Waals surface area contributed by atoms with E-state index in [9.17, 15) is 0 Å². The van der Waals surface area contributed by atoms with Crippen molar-refractivity contribution in [2.45, 2.75) is 13.8 Å². The summed E-state index contributed by atoms with van der Waals surface area (Å²) in [5, 5.41) is 4.94. The van der Waals surface area contributed by atoms with Crippen LogP contribution in [0.25, 0.3) is 43.7 Å². The number of hydrogen-bond acceptors (Lipinski definition) is 1. The van der Waals surface area contributed by atoms with E-state index in [1.54, 1.807) is 0 Å². The molecule has 5 aromatic rings. The van der Waals surface area contributed by atoms with Gasteiger partial charge < -0.3 is 8.98 Å². The number of benzene rings is 3. The Morgan fingerprint density at radius 3 is 2.13 bits per heavy atom. The fourth-order valence-electron chi connectivity index (χ4n) is 3.71. The molecule has 0 atom stereocenters. The summed E-state index contributed by atoms with van der Waals surface area (Å²) in [6.45, 7) is 4.26. The topological polar surface area (TPSA) is 18.1 Å². The standard InChI is InChI=1S/C21H17NO/c1-12-4-6-18-14(8-12)15-11-21-17(10-19(15)22(18)3)16-9-13(2)5-7-20(16)23-21/h4-11H,1-3H3. The molecular formula is C21H17NO. The number of aryl methyl sites for hydroxylation is 3. The lowest BCUT2D eigenvalue weighted by Gasteiger charge is -1.98. The van der Waals surface area contributed by atoms with Crippen molar-refractivity contribution in [3.05, 3.63) is 59.7 Å². The predicted octanol–water partition coefficient (Wildman–Crippen LogP) is 5.85. The van der Waals surface area contributed by atoms with Gasteiger partial charge in [0, 0.05) is 39.6 Å². The molecule has 2 nitrogen and oxygen atoms in total. The molecule has 112 valence electrons. The van der Waals surface area contributed by atoms with Gasteiger partial charge in [-0.3, -0.25) is 0 Å². The first-order valence-corrected chi connectivity index (χ1v) is 7.93. The molecule has 23 heavy (non-hydrogen) atoms. The highest BCUT2D eigenvalue weighted by Crippen LogP contribution is 2.36. The molecule has 0 aliphatic rings. The summed E-state index contributed by atoms with van der Waals surface area (Å²) in [6.07, 6.45) is 0. The zero-order chi connectivity index (χ0) is 15.7. The molecule has 0 radical (unpaired) electrons. The number of aromatic nitrogens is 1. The van der Waals surface area contributed by atoms with Crippen LogP contribution in [0.5, 0.6) is 0 Å². The number of rotatable bonds is 0. The van der Waals surface area contributed by atoms with Crippen LogP contribution in [0, 0.1) is 13.8 Å². The van der Waals surface area contributed by atoms with Gasteiger partial charge in [-0.15, -0.1) is 0 Å². The second-order valence-electron chi connectivity index (χ2n) is 6.55. The van der Waals surface area contributed by atoms with Gasteiger partial charge in [0.25, 0.3) is 0 Å². The summed E-state index contributed by atoms with van der Waals surface area (Å²) in [5.74, 6) is 0. The van der Waals surface area contributed by atoms with E-state index < -0.39 is 0 Å². The Labute approximate surface area is 133 Å². The predicted molar refractivity (Wildman–Crippen MR) is 97.2 cm³/mol. The maximum atomic E-state index is 6.09. The zero-order valence-electron chi connectivity index (χ0n) is 13.5. The molecule has 0 unspecified atom stereocenters. The number of fused-ring (bicyclic) bond motifs is 6. The van der Waals surface area contributed by atoms with E-state index in [1.165, 1.54) is 43.7 Å². The van der Waals surface area contributed by atoms with E-state index in [2.05, 4.69) is 74.0 Å². The normalized spacial score (nSPS) is 12.1. The van der Waals surface area contributed by atoms with Crippen LogP contribution >= 0.6 is 0 Å². The van der Waals surface area contributed by atoms with Crippen molar-refractivity contribution in [3.63, 3.8) is 0 Å². The van der Waals surface area contributed by atoms with E-state index in [4.69, 9.17) is 4.42 Å². The van der Waals surface area contributed by atoms with E-state index in [1.807, 2.05) is 0 Å². The minimum Gasteiger partial charge on any atom is -0.456 e. The molecule has 0 aliphatic carbocycles. The lowest BCUT2D eigenvalue weighted by atomic mass is 10.1. The van der Waals surface area contributed by atoms with Crippen LogP contribution in [0.1, 0.15) is 11.1 Å². The van der Waals surface area contributed by atoms with Gasteiger partial charge in [-0.25, -0.2) is 0 Å². The summed E-state index contributed by atoms with van der Waals surface area (Å²) in [6, 6.07) is 17.5. The third kappa shape index (κ3) is 1.63. The van der Waals surface area contributed by atoms with Gasteiger partial charge in [-0.2, -0.15) is 0 Å². The van der Waals surface area contributed by atoms with Crippen LogP contribution in [0.15, 0.2) is 52.9 Å². The molecule has 0 amide bonds. The minimum atomic E-state index is 0.960.